The molecule has 0 aliphatic heterocycles. The predicted molar refractivity (Wildman–Crippen MR) is 75.1 cm³/mol. The van der Waals surface area contributed by atoms with Crippen LogP contribution in [0, 0.1) is 10.1 Å². The van der Waals surface area contributed by atoms with Gasteiger partial charge < -0.3 is 11.1 Å². The summed E-state index contributed by atoms with van der Waals surface area (Å²) in [4.78, 5) is 22.3. The van der Waals surface area contributed by atoms with Crippen molar-refractivity contribution in [2.24, 2.45) is 5.73 Å². The molecule has 1 amide bonds. The van der Waals surface area contributed by atoms with Crippen LogP contribution in [0.25, 0.3) is 0 Å². The van der Waals surface area contributed by atoms with E-state index in [9.17, 15) is 14.9 Å². The lowest BCUT2D eigenvalue weighted by molar-refractivity contribution is -0.383. The summed E-state index contributed by atoms with van der Waals surface area (Å²) >= 11 is 5.78. The molecule has 0 atom stereocenters. The number of halogens is 1. The molecule has 0 aliphatic carbocycles. The molecular formula is C11H11ClN6O3. The lowest BCUT2D eigenvalue weighted by atomic mass is 10.2. The van der Waals surface area contributed by atoms with E-state index >= 15 is 0 Å². The summed E-state index contributed by atoms with van der Waals surface area (Å²) in [6.07, 6.45) is 1.40. The molecule has 1 aromatic carbocycles. The molecule has 1 aromatic heterocycles. The van der Waals surface area contributed by atoms with Crippen LogP contribution in [0.2, 0.25) is 5.02 Å². The summed E-state index contributed by atoms with van der Waals surface area (Å²) in [5.74, 6) is -0.622. The van der Waals surface area contributed by atoms with E-state index < -0.39 is 10.8 Å². The van der Waals surface area contributed by atoms with Gasteiger partial charge >= 0.3 is 0 Å². The highest BCUT2D eigenvalue weighted by molar-refractivity contribution is 6.31. The van der Waals surface area contributed by atoms with Crippen molar-refractivity contribution in [1.82, 2.24) is 15.0 Å². The minimum absolute atomic E-state index is 0.00845. The number of benzene rings is 1. The Labute approximate surface area is 123 Å². The normalized spacial score (nSPS) is 10.4. The van der Waals surface area contributed by atoms with Gasteiger partial charge in [-0.1, -0.05) is 16.8 Å². The van der Waals surface area contributed by atoms with Gasteiger partial charge in [0.15, 0.2) is 5.69 Å². The van der Waals surface area contributed by atoms with Crippen LogP contribution in [-0.4, -0.2) is 32.4 Å². The third-order valence-electron chi connectivity index (χ3n) is 2.53. The Morgan fingerprint density at radius 2 is 2.29 bits per heavy atom. The highest BCUT2D eigenvalue weighted by atomic mass is 35.5. The Kier molecular flexibility index (Phi) is 4.45. The van der Waals surface area contributed by atoms with Crippen molar-refractivity contribution < 1.29 is 9.72 Å². The van der Waals surface area contributed by atoms with E-state index in [4.69, 9.17) is 17.3 Å². The Balaban J connectivity index is 2.22. The number of nitrogens with one attached hydrogen (secondary N) is 1. The summed E-state index contributed by atoms with van der Waals surface area (Å²) in [6, 6.07) is 3.87. The molecule has 21 heavy (non-hydrogen) atoms. The largest absolute Gasteiger partial charge is 0.329 e. The molecule has 2 aromatic rings. The fourth-order valence-corrected chi connectivity index (χ4v) is 1.77. The van der Waals surface area contributed by atoms with E-state index in [1.54, 1.807) is 0 Å². The van der Waals surface area contributed by atoms with E-state index in [0.29, 0.717) is 13.1 Å². The lowest BCUT2D eigenvalue weighted by Gasteiger charge is -2.04. The molecule has 3 N–H and O–H groups in total. The highest BCUT2D eigenvalue weighted by Gasteiger charge is 2.18. The molecule has 0 radical (unpaired) electrons. The Morgan fingerprint density at radius 1 is 1.52 bits per heavy atom. The van der Waals surface area contributed by atoms with Gasteiger partial charge in [0.25, 0.3) is 11.6 Å². The van der Waals surface area contributed by atoms with Gasteiger partial charge in [0, 0.05) is 17.6 Å². The first-order valence-electron chi connectivity index (χ1n) is 5.86. The summed E-state index contributed by atoms with van der Waals surface area (Å²) in [5.41, 5.74) is 5.12. The molecular weight excluding hydrogens is 300 g/mol. The number of anilines is 1. The zero-order valence-electron chi connectivity index (χ0n) is 10.7. The number of amides is 1. The van der Waals surface area contributed by atoms with E-state index in [1.807, 2.05) is 0 Å². The van der Waals surface area contributed by atoms with Gasteiger partial charge in [-0.3, -0.25) is 19.6 Å². The van der Waals surface area contributed by atoms with Crippen molar-refractivity contribution in [3.05, 3.63) is 45.2 Å². The summed E-state index contributed by atoms with van der Waals surface area (Å²) in [6.45, 7) is 0.766. The van der Waals surface area contributed by atoms with Gasteiger partial charge in [0.2, 0.25) is 0 Å². The lowest BCUT2D eigenvalue weighted by Crippen LogP contribution is -2.14. The van der Waals surface area contributed by atoms with Crippen molar-refractivity contribution >= 4 is 28.9 Å². The van der Waals surface area contributed by atoms with Crippen LogP contribution in [0.15, 0.2) is 24.4 Å². The number of hydrogen-bond donors (Lipinski definition) is 2. The second-order valence-electron chi connectivity index (χ2n) is 4.03. The molecule has 0 saturated heterocycles. The monoisotopic (exact) mass is 310 g/mol. The molecule has 0 unspecified atom stereocenters. The van der Waals surface area contributed by atoms with Crippen LogP contribution >= 0.6 is 11.6 Å². The number of rotatable bonds is 5. The third-order valence-corrected chi connectivity index (χ3v) is 2.77. The fourth-order valence-electron chi connectivity index (χ4n) is 1.60. The number of carbonyl (C=O) groups is 1. The predicted octanol–water partition coefficient (Wildman–Crippen LogP) is 1.05. The number of carbonyl (C=O) groups excluding carboxylic acids is 1. The van der Waals surface area contributed by atoms with Crippen molar-refractivity contribution in [1.29, 1.82) is 0 Å². The Morgan fingerprint density at radius 3 is 2.95 bits per heavy atom. The van der Waals surface area contributed by atoms with Gasteiger partial charge in [-0.15, -0.1) is 5.10 Å². The van der Waals surface area contributed by atoms with Crippen LogP contribution in [0.5, 0.6) is 0 Å². The first-order chi connectivity index (χ1) is 10.0. The van der Waals surface area contributed by atoms with Crippen LogP contribution in [-0.2, 0) is 6.54 Å². The second-order valence-corrected chi connectivity index (χ2v) is 4.46. The number of aromatic nitrogens is 3. The number of nitrogens with zero attached hydrogens (tertiary/aromatic N) is 4. The SMILES string of the molecule is NCCn1cc(C(=O)Nc2cc(Cl)ccc2[N+](=O)[O-])nn1. The molecule has 110 valence electrons. The summed E-state index contributed by atoms with van der Waals surface area (Å²) in [5, 5.41) is 20.9. The number of hydrogen-bond acceptors (Lipinski definition) is 6. The molecule has 0 aliphatic rings. The van der Waals surface area contributed by atoms with Crippen molar-refractivity contribution in [2.45, 2.75) is 6.54 Å². The van der Waals surface area contributed by atoms with Crippen molar-refractivity contribution in [3.63, 3.8) is 0 Å². The summed E-state index contributed by atoms with van der Waals surface area (Å²) < 4.78 is 1.40. The smallest absolute Gasteiger partial charge is 0.292 e. The van der Waals surface area contributed by atoms with Gasteiger partial charge in [0.05, 0.1) is 17.7 Å². The van der Waals surface area contributed by atoms with Crippen LogP contribution in [0.1, 0.15) is 10.5 Å². The average molecular weight is 311 g/mol. The maximum Gasteiger partial charge on any atom is 0.292 e. The fraction of sp³-hybridized carbons (Fsp3) is 0.182. The second kappa shape index (κ2) is 6.29. The Hall–Kier alpha value is -2.52. The maximum absolute atomic E-state index is 12.0. The Bertz CT molecular complexity index is 686. The van der Waals surface area contributed by atoms with E-state index in [0.717, 1.165) is 0 Å². The van der Waals surface area contributed by atoms with Crippen molar-refractivity contribution in [3.8, 4) is 0 Å². The van der Waals surface area contributed by atoms with E-state index in [2.05, 4.69) is 15.6 Å². The highest BCUT2D eigenvalue weighted by Crippen LogP contribution is 2.27. The number of nitro groups is 1. The summed E-state index contributed by atoms with van der Waals surface area (Å²) in [7, 11) is 0. The zero-order chi connectivity index (χ0) is 15.4. The van der Waals surface area contributed by atoms with Crippen molar-refractivity contribution in [2.75, 3.05) is 11.9 Å². The third kappa shape index (κ3) is 3.52. The first-order valence-corrected chi connectivity index (χ1v) is 6.24. The van der Waals surface area contributed by atoms with E-state index in [-0.39, 0.29) is 22.1 Å². The van der Waals surface area contributed by atoms with Crippen LogP contribution in [0.3, 0.4) is 0 Å². The first kappa shape index (κ1) is 14.9. The molecule has 10 heteroatoms. The molecule has 2 rings (SSSR count). The molecule has 1 heterocycles. The molecule has 9 nitrogen and oxygen atoms in total. The van der Waals surface area contributed by atoms with Gasteiger partial charge in [-0.25, -0.2) is 0 Å². The molecule has 0 fully saturated rings. The zero-order valence-corrected chi connectivity index (χ0v) is 11.4. The van der Waals surface area contributed by atoms with Crippen LogP contribution in [0.4, 0.5) is 11.4 Å². The molecule has 0 spiro atoms. The average Bonchev–Trinajstić information content (AvgIpc) is 2.87. The standard InChI is InChI=1S/C11H11ClN6O3/c12-7-1-2-10(18(20)21)8(5-7)14-11(19)9-6-17(4-3-13)16-15-9/h1-2,5-6H,3-4,13H2,(H,14,19). The maximum atomic E-state index is 12.0. The van der Waals surface area contributed by atoms with Crippen LogP contribution < -0.4 is 11.1 Å². The van der Waals surface area contributed by atoms with Gasteiger partial charge in [-0.2, -0.15) is 0 Å². The van der Waals surface area contributed by atoms with Gasteiger partial charge in [-0.05, 0) is 12.1 Å². The number of nitro benzene ring substituents is 1. The van der Waals surface area contributed by atoms with Gasteiger partial charge in [0.1, 0.15) is 5.69 Å². The minimum atomic E-state index is -0.622. The minimum Gasteiger partial charge on any atom is -0.329 e. The van der Waals surface area contributed by atoms with E-state index in [1.165, 1.54) is 29.1 Å². The molecule has 0 bridgehead atoms. The number of nitrogens with two attached hydrogens (primary N) is 1. The molecule has 0 saturated carbocycles. The topological polar surface area (TPSA) is 129 Å². The quantitative estimate of drug-likeness (QED) is 0.627.